The molecule has 0 fully saturated rings. The van der Waals surface area contributed by atoms with Crippen LogP contribution in [0.4, 0.5) is 0 Å². The molecule has 0 aliphatic carbocycles. The largest absolute Gasteiger partial charge is 0.478 e. The van der Waals surface area contributed by atoms with Crippen molar-refractivity contribution in [2.75, 3.05) is 0 Å². The highest BCUT2D eigenvalue weighted by molar-refractivity contribution is 6.37. The van der Waals surface area contributed by atoms with Gasteiger partial charge in [-0.15, -0.1) is 0 Å². The summed E-state index contributed by atoms with van der Waals surface area (Å²) in [7, 11) is 0. The molecule has 4 nitrogen and oxygen atoms in total. The highest BCUT2D eigenvalue weighted by Crippen LogP contribution is 2.32. The topological polar surface area (TPSA) is 66.0 Å². The molecule has 21 heavy (non-hydrogen) atoms. The quantitative estimate of drug-likeness (QED) is 0.697. The number of benzene rings is 2. The summed E-state index contributed by atoms with van der Waals surface area (Å²) in [4.78, 5) is 18.4. The molecule has 0 radical (unpaired) electrons. The highest BCUT2D eigenvalue weighted by atomic mass is 35.5. The average molecular weight is 342 g/mol. The third-order valence-electron chi connectivity index (χ3n) is 2.97. The minimum atomic E-state index is -1.06. The zero-order valence-electron chi connectivity index (χ0n) is 10.3. The van der Waals surface area contributed by atoms with Crippen molar-refractivity contribution in [3.63, 3.8) is 0 Å². The van der Waals surface area contributed by atoms with Crippen molar-refractivity contribution in [2.24, 2.45) is 0 Å². The molecule has 0 saturated heterocycles. The number of hydrogen-bond donors (Lipinski definition) is 2. The van der Waals surface area contributed by atoms with Crippen LogP contribution in [0.25, 0.3) is 22.4 Å². The zero-order valence-corrected chi connectivity index (χ0v) is 12.6. The van der Waals surface area contributed by atoms with E-state index >= 15 is 0 Å². The molecule has 106 valence electrons. The predicted molar refractivity (Wildman–Crippen MR) is 83.5 cm³/mol. The molecular weight excluding hydrogens is 335 g/mol. The number of rotatable bonds is 2. The second-order valence-electron chi connectivity index (χ2n) is 4.37. The fourth-order valence-electron chi connectivity index (χ4n) is 2.01. The minimum absolute atomic E-state index is 0.0879. The maximum atomic E-state index is 11.0. The van der Waals surface area contributed by atoms with Gasteiger partial charge in [0.15, 0.2) is 0 Å². The van der Waals surface area contributed by atoms with Crippen LogP contribution in [0.15, 0.2) is 30.3 Å². The summed E-state index contributed by atoms with van der Waals surface area (Å²) in [6.07, 6.45) is 0. The van der Waals surface area contributed by atoms with Gasteiger partial charge in [-0.2, -0.15) is 0 Å². The van der Waals surface area contributed by atoms with Gasteiger partial charge in [-0.05, 0) is 30.3 Å². The van der Waals surface area contributed by atoms with Gasteiger partial charge in [0.25, 0.3) is 0 Å². The number of aromatic nitrogens is 2. The zero-order chi connectivity index (χ0) is 15.1. The van der Waals surface area contributed by atoms with Crippen LogP contribution in [0.5, 0.6) is 0 Å². The summed E-state index contributed by atoms with van der Waals surface area (Å²) < 4.78 is 0. The molecule has 0 saturated carbocycles. The standard InChI is InChI=1S/C14H7Cl3N2O2/c15-7-1-2-8(9(16)5-7)13-18-11-4-6(14(20)21)3-10(17)12(11)19-13/h1-5H,(H,18,19)(H,20,21). The van der Waals surface area contributed by atoms with Crippen LogP contribution in [0.1, 0.15) is 10.4 Å². The second-order valence-corrected chi connectivity index (χ2v) is 5.62. The number of fused-ring (bicyclic) bond motifs is 1. The first-order chi connectivity index (χ1) is 9.95. The molecule has 0 amide bonds. The lowest BCUT2D eigenvalue weighted by Crippen LogP contribution is -1.95. The van der Waals surface area contributed by atoms with E-state index in [0.717, 1.165) is 0 Å². The molecule has 0 unspecified atom stereocenters. The van der Waals surface area contributed by atoms with Gasteiger partial charge in [-0.1, -0.05) is 34.8 Å². The molecular formula is C14H7Cl3N2O2. The Labute approximate surface area is 134 Å². The fourth-order valence-corrected chi connectivity index (χ4v) is 2.77. The maximum Gasteiger partial charge on any atom is 0.335 e. The fraction of sp³-hybridized carbons (Fsp3) is 0. The first-order valence-electron chi connectivity index (χ1n) is 5.83. The molecule has 7 heteroatoms. The van der Waals surface area contributed by atoms with E-state index in [1.807, 2.05) is 0 Å². The monoisotopic (exact) mass is 340 g/mol. The molecule has 0 aliphatic heterocycles. The smallest absolute Gasteiger partial charge is 0.335 e. The number of halogens is 3. The van der Waals surface area contributed by atoms with Crippen molar-refractivity contribution in [1.82, 2.24) is 9.97 Å². The van der Waals surface area contributed by atoms with E-state index in [0.29, 0.717) is 32.5 Å². The number of aromatic amines is 1. The molecule has 1 aromatic heterocycles. The van der Waals surface area contributed by atoms with Crippen molar-refractivity contribution in [2.45, 2.75) is 0 Å². The Kier molecular flexibility index (Phi) is 3.53. The van der Waals surface area contributed by atoms with Crippen molar-refractivity contribution in [3.8, 4) is 11.4 Å². The Hall–Kier alpha value is -1.75. The summed E-state index contributed by atoms with van der Waals surface area (Å²) in [6, 6.07) is 7.87. The first kappa shape index (κ1) is 14.2. The molecule has 2 aromatic carbocycles. The van der Waals surface area contributed by atoms with Crippen LogP contribution in [0.3, 0.4) is 0 Å². The molecule has 2 N–H and O–H groups in total. The Bertz CT molecular complexity index is 874. The third-order valence-corrected chi connectivity index (χ3v) is 3.81. The van der Waals surface area contributed by atoms with E-state index in [-0.39, 0.29) is 10.6 Å². The number of aromatic carboxylic acids is 1. The maximum absolute atomic E-state index is 11.0. The lowest BCUT2D eigenvalue weighted by molar-refractivity contribution is 0.0697. The number of nitrogens with zero attached hydrogens (tertiary/aromatic N) is 1. The third kappa shape index (κ3) is 2.58. The van der Waals surface area contributed by atoms with Crippen LogP contribution in [-0.4, -0.2) is 21.0 Å². The van der Waals surface area contributed by atoms with Gasteiger partial charge < -0.3 is 10.1 Å². The van der Waals surface area contributed by atoms with Crippen molar-refractivity contribution in [3.05, 3.63) is 51.0 Å². The van der Waals surface area contributed by atoms with E-state index in [1.54, 1.807) is 18.2 Å². The molecule has 0 spiro atoms. The average Bonchev–Trinajstić information content (AvgIpc) is 2.82. The highest BCUT2D eigenvalue weighted by Gasteiger charge is 2.14. The number of H-pyrrole nitrogens is 1. The van der Waals surface area contributed by atoms with Crippen LogP contribution in [-0.2, 0) is 0 Å². The Morgan fingerprint density at radius 3 is 2.52 bits per heavy atom. The first-order valence-corrected chi connectivity index (χ1v) is 6.97. The van der Waals surface area contributed by atoms with E-state index in [1.165, 1.54) is 12.1 Å². The van der Waals surface area contributed by atoms with E-state index in [4.69, 9.17) is 39.9 Å². The van der Waals surface area contributed by atoms with Crippen molar-refractivity contribution >= 4 is 51.8 Å². The number of imidazole rings is 1. The SMILES string of the molecule is O=C(O)c1cc(Cl)c2nc(-c3ccc(Cl)cc3Cl)[nH]c2c1. The Balaban J connectivity index is 2.21. The van der Waals surface area contributed by atoms with Crippen molar-refractivity contribution in [1.29, 1.82) is 0 Å². The van der Waals surface area contributed by atoms with E-state index in [9.17, 15) is 4.79 Å². The Morgan fingerprint density at radius 1 is 1.10 bits per heavy atom. The number of hydrogen-bond acceptors (Lipinski definition) is 2. The summed E-state index contributed by atoms with van der Waals surface area (Å²) in [5.74, 6) is -0.560. The van der Waals surface area contributed by atoms with Gasteiger partial charge in [-0.25, -0.2) is 9.78 Å². The lowest BCUT2D eigenvalue weighted by Gasteiger charge is -2.00. The Morgan fingerprint density at radius 2 is 1.86 bits per heavy atom. The van der Waals surface area contributed by atoms with Crippen molar-refractivity contribution < 1.29 is 9.90 Å². The molecule has 0 atom stereocenters. The van der Waals surface area contributed by atoms with Gasteiger partial charge in [0, 0.05) is 10.6 Å². The number of carboxylic acids is 1. The minimum Gasteiger partial charge on any atom is -0.478 e. The molecule has 1 heterocycles. The predicted octanol–water partition coefficient (Wildman–Crippen LogP) is 4.89. The normalized spacial score (nSPS) is 11.0. The number of nitrogens with one attached hydrogen (secondary N) is 1. The van der Waals surface area contributed by atoms with E-state index in [2.05, 4.69) is 9.97 Å². The van der Waals surface area contributed by atoms with Crippen LogP contribution >= 0.6 is 34.8 Å². The lowest BCUT2D eigenvalue weighted by atomic mass is 10.2. The molecule has 3 rings (SSSR count). The van der Waals surface area contributed by atoms with E-state index < -0.39 is 5.97 Å². The summed E-state index contributed by atoms with van der Waals surface area (Å²) in [5, 5.41) is 10.3. The second kappa shape index (κ2) is 5.22. The van der Waals surface area contributed by atoms with Gasteiger partial charge >= 0.3 is 5.97 Å². The number of carbonyl (C=O) groups is 1. The van der Waals surface area contributed by atoms with Gasteiger partial charge in [-0.3, -0.25) is 0 Å². The molecule has 0 bridgehead atoms. The molecule has 3 aromatic rings. The molecule has 0 aliphatic rings. The summed E-state index contributed by atoms with van der Waals surface area (Å²) >= 11 is 18.1. The summed E-state index contributed by atoms with van der Waals surface area (Å²) in [6.45, 7) is 0. The van der Waals surface area contributed by atoms with Gasteiger partial charge in [0.2, 0.25) is 0 Å². The van der Waals surface area contributed by atoms with Gasteiger partial charge in [0.1, 0.15) is 11.3 Å². The van der Waals surface area contributed by atoms with Crippen LogP contribution in [0, 0.1) is 0 Å². The van der Waals surface area contributed by atoms with Crippen LogP contribution in [0.2, 0.25) is 15.1 Å². The van der Waals surface area contributed by atoms with Crippen LogP contribution < -0.4 is 0 Å². The number of carboxylic acid groups (broad SMARTS) is 1. The van der Waals surface area contributed by atoms with Gasteiger partial charge in [0.05, 0.1) is 21.1 Å². The summed E-state index contributed by atoms with van der Waals surface area (Å²) in [5.41, 5.74) is 1.76.